The van der Waals surface area contributed by atoms with Gasteiger partial charge in [-0.1, -0.05) is 182 Å². The zero-order valence-electron chi connectivity index (χ0n) is 38.7. The molecule has 0 bridgehead atoms. The number of fused-ring (bicyclic) bond motifs is 6. The van der Waals surface area contributed by atoms with Crippen LogP contribution in [0.2, 0.25) is 0 Å². The van der Waals surface area contributed by atoms with Crippen LogP contribution in [0.4, 0.5) is 34.1 Å². The smallest absolute Gasteiger partial charge is 0.159 e. The fraction of sp³-hybridized carbons (Fsp3) is 0.0303. The number of furan rings is 2. The zero-order chi connectivity index (χ0) is 46.5. The first kappa shape index (κ1) is 40.0. The molecule has 330 valence electrons. The van der Waals surface area contributed by atoms with Gasteiger partial charge in [-0.05, 0) is 106 Å². The summed E-state index contributed by atoms with van der Waals surface area (Å²) in [5.74, 6) is 0. The van der Waals surface area contributed by atoms with Gasteiger partial charge in [-0.15, -0.1) is 0 Å². The molecular formula is C66H44N2O2. The number of hydrogen-bond donors (Lipinski definition) is 0. The second-order valence-electron chi connectivity index (χ2n) is 18.5. The number of benzene rings is 12. The van der Waals surface area contributed by atoms with Crippen molar-refractivity contribution in [1.29, 1.82) is 0 Å². The summed E-state index contributed by atoms with van der Waals surface area (Å²) in [6.45, 7) is 4.32. The van der Waals surface area contributed by atoms with E-state index in [-0.39, 0.29) is 0 Å². The van der Waals surface area contributed by atoms with Crippen LogP contribution in [0.3, 0.4) is 0 Å². The highest BCUT2D eigenvalue weighted by molar-refractivity contribution is 6.29. The number of hydrogen-bond acceptors (Lipinski definition) is 4. The van der Waals surface area contributed by atoms with Crippen molar-refractivity contribution in [2.45, 2.75) is 13.8 Å². The van der Waals surface area contributed by atoms with E-state index in [9.17, 15) is 0 Å². The highest BCUT2D eigenvalue weighted by Crippen LogP contribution is 2.51. The Bertz CT molecular complexity index is 4060. The first-order chi connectivity index (χ1) is 34.6. The molecule has 4 heteroatoms. The Labute approximate surface area is 404 Å². The Morgan fingerprint density at radius 2 is 0.671 bits per heavy atom. The number of anilines is 6. The molecule has 0 aliphatic carbocycles. The molecule has 12 aromatic carbocycles. The molecule has 0 amide bonds. The number of aryl methyl sites for hydroxylation is 2. The SMILES string of the molecule is Cc1cccc(N(c2ccc3ccc4c(N(c5cccc(C)c5)c5cccc6c5oc5c(-c7ccccc7)cccc56)ccc5ccc2c3c54)c2cccc3c2oc2c(-c4ccccc4)cccc23)c1. The third-order valence-electron chi connectivity index (χ3n) is 14.3. The molecule has 0 N–H and O–H groups in total. The lowest BCUT2D eigenvalue weighted by atomic mass is 9.91. The summed E-state index contributed by atoms with van der Waals surface area (Å²) in [5.41, 5.74) is 16.5. The average Bonchev–Trinajstić information content (AvgIpc) is 3.99. The number of para-hydroxylation sites is 4. The molecule has 2 heterocycles. The van der Waals surface area contributed by atoms with Gasteiger partial charge in [0.1, 0.15) is 11.2 Å². The molecule has 0 radical (unpaired) electrons. The highest BCUT2D eigenvalue weighted by Gasteiger charge is 2.26. The molecule has 0 unspecified atom stereocenters. The average molecular weight is 897 g/mol. The van der Waals surface area contributed by atoms with Gasteiger partial charge in [0.25, 0.3) is 0 Å². The van der Waals surface area contributed by atoms with E-state index in [1.807, 2.05) is 0 Å². The third-order valence-corrected chi connectivity index (χ3v) is 14.3. The van der Waals surface area contributed by atoms with E-state index in [4.69, 9.17) is 8.83 Å². The van der Waals surface area contributed by atoms with Gasteiger partial charge in [-0.2, -0.15) is 0 Å². The first-order valence-electron chi connectivity index (χ1n) is 24.0. The Balaban J connectivity index is 1.01. The topological polar surface area (TPSA) is 32.8 Å². The predicted molar refractivity (Wildman–Crippen MR) is 294 cm³/mol. The van der Waals surface area contributed by atoms with Gasteiger partial charge in [0.15, 0.2) is 11.2 Å². The summed E-state index contributed by atoms with van der Waals surface area (Å²) in [6, 6.07) is 83.1. The van der Waals surface area contributed by atoms with E-state index in [0.29, 0.717) is 0 Å². The van der Waals surface area contributed by atoms with Crippen molar-refractivity contribution in [3.8, 4) is 22.3 Å². The van der Waals surface area contributed by atoms with E-state index in [0.717, 1.165) is 111 Å². The molecule has 0 aliphatic rings. The fourth-order valence-electron chi connectivity index (χ4n) is 11.2. The molecular weight excluding hydrogens is 853 g/mol. The fourth-order valence-corrected chi connectivity index (χ4v) is 11.2. The van der Waals surface area contributed by atoms with E-state index in [1.165, 1.54) is 32.7 Å². The summed E-state index contributed by atoms with van der Waals surface area (Å²) < 4.78 is 14.2. The van der Waals surface area contributed by atoms with Gasteiger partial charge in [0.2, 0.25) is 0 Å². The first-order valence-corrected chi connectivity index (χ1v) is 24.0. The predicted octanol–water partition coefficient (Wildman–Crippen LogP) is 19.3. The van der Waals surface area contributed by atoms with Crippen molar-refractivity contribution in [3.05, 3.63) is 242 Å². The highest BCUT2D eigenvalue weighted by atomic mass is 16.3. The normalized spacial score (nSPS) is 11.9. The van der Waals surface area contributed by atoms with Crippen molar-refractivity contribution in [3.63, 3.8) is 0 Å². The molecule has 2 aromatic heterocycles. The lowest BCUT2D eigenvalue weighted by Gasteiger charge is -2.29. The van der Waals surface area contributed by atoms with Crippen molar-refractivity contribution in [2.75, 3.05) is 9.80 Å². The Hall–Kier alpha value is -9.12. The van der Waals surface area contributed by atoms with Gasteiger partial charge >= 0.3 is 0 Å². The Morgan fingerprint density at radius 1 is 0.286 bits per heavy atom. The van der Waals surface area contributed by atoms with Crippen LogP contribution >= 0.6 is 0 Å². The van der Waals surface area contributed by atoms with Crippen molar-refractivity contribution in [2.24, 2.45) is 0 Å². The van der Waals surface area contributed by atoms with Gasteiger partial charge in [-0.3, -0.25) is 0 Å². The molecule has 0 fully saturated rings. The van der Waals surface area contributed by atoms with E-state index in [1.54, 1.807) is 0 Å². The molecule has 4 nitrogen and oxygen atoms in total. The van der Waals surface area contributed by atoms with Crippen molar-refractivity contribution in [1.82, 2.24) is 0 Å². The maximum absolute atomic E-state index is 7.11. The van der Waals surface area contributed by atoms with Crippen LogP contribution in [-0.4, -0.2) is 0 Å². The van der Waals surface area contributed by atoms with Crippen LogP contribution in [0.15, 0.2) is 239 Å². The van der Waals surface area contributed by atoms with Crippen LogP contribution in [0.5, 0.6) is 0 Å². The molecule has 0 saturated carbocycles. The Morgan fingerprint density at radius 3 is 1.10 bits per heavy atom. The lowest BCUT2D eigenvalue weighted by Crippen LogP contribution is -2.12. The minimum absolute atomic E-state index is 0.847. The summed E-state index contributed by atoms with van der Waals surface area (Å²) in [7, 11) is 0. The largest absolute Gasteiger partial charge is 0.453 e. The monoisotopic (exact) mass is 896 g/mol. The maximum Gasteiger partial charge on any atom is 0.159 e. The number of nitrogens with zero attached hydrogens (tertiary/aromatic N) is 2. The minimum Gasteiger partial charge on any atom is -0.453 e. The van der Waals surface area contributed by atoms with E-state index >= 15 is 0 Å². The van der Waals surface area contributed by atoms with Gasteiger partial charge in [-0.25, -0.2) is 0 Å². The van der Waals surface area contributed by atoms with Crippen molar-refractivity contribution < 1.29 is 8.83 Å². The molecule has 0 spiro atoms. The third kappa shape index (κ3) is 6.16. The lowest BCUT2D eigenvalue weighted by molar-refractivity contribution is 0.670. The summed E-state index contributed by atoms with van der Waals surface area (Å²) >= 11 is 0. The summed E-state index contributed by atoms with van der Waals surface area (Å²) in [6.07, 6.45) is 0. The molecule has 14 rings (SSSR count). The minimum atomic E-state index is 0.847. The van der Waals surface area contributed by atoms with E-state index < -0.39 is 0 Å². The van der Waals surface area contributed by atoms with Crippen molar-refractivity contribution >= 4 is 110 Å². The molecule has 0 aliphatic heterocycles. The zero-order valence-corrected chi connectivity index (χ0v) is 38.7. The van der Waals surface area contributed by atoms with Gasteiger partial charge in [0, 0.05) is 54.8 Å². The van der Waals surface area contributed by atoms with Crippen LogP contribution in [0, 0.1) is 13.8 Å². The quantitative estimate of drug-likeness (QED) is 0.142. The molecule has 0 atom stereocenters. The second-order valence-corrected chi connectivity index (χ2v) is 18.5. The van der Waals surface area contributed by atoms with Crippen LogP contribution in [0.1, 0.15) is 11.1 Å². The summed E-state index contributed by atoms with van der Waals surface area (Å²) in [4.78, 5) is 4.80. The van der Waals surface area contributed by atoms with Gasteiger partial charge < -0.3 is 18.6 Å². The summed E-state index contributed by atoms with van der Waals surface area (Å²) in [5, 5.41) is 11.5. The van der Waals surface area contributed by atoms with Crippen LogP contribution in [-0.2, 0) is 0 Å². The molecule has 14 aromatic rings. The maximum atomic E-state index is 7.11. The number of rotatable bonds is 8. The standard InChI is InChI=1S/C66H44N2O2/c1-41-15-9-21-47(39-41)67(59-29-13-27-53-51-25-11-23-49(63(51)69-65(53)59)43-17-5-3-6-18-43)57-37-33-45-32-36-56-58(38-34-46-31-35-55(57)61(45)62(46)56)68(48-22-10-16-42(2)40-48)60-30-14-28-54-52-26-12-24-50(64(52)70-66(54)60)44-19-7-4-8-20-44/h3-40H,1-2H3. The molecule has 70 heavy (non-hydrogen) atoms. The second kappa shape index (κ2) is 15.7. The van der Waals surface area contributed by atoms with Gasteiger partial charge in [0.05, 0.1) is 22.7 Å². The van der Waals surface area contributed by atoms with Crippen LogP contribution in [0.25, 0.3) is 98.4 Å². The van der Waals surface area contributed by atoms with E-state index in [2.05, 4.69) is 254 Å². The van der Waals surface area contributed by atoms with Crippen LogP contribution < -0.4 is 9.80 Å². The Kier molecular flexibility index (Phi) is 8.99. The molecule has 0 saturated heterocycles.